The van der Waals surface area contributed by atoms with Crippen molar-refractivity contribution in [2.24, 2.45) is 0 Å². The van der Waals surface area contributed by atoms with Crippen molar-refractivity contribution in [1.82, 2.24) is 10.2 Å². The number of hydrogen-bond donors (Lipinski definition) is 1. The zero-order valence-electron chi connectivity index (χ0n) is 14.0. The maximum Gasteiger partial charge on any atom is 0.0619 e. The van der Waals surface area contributed by atoms with Gasteiger partial charge in [-0.3, -0.25) is 4.90 Å². The number of benzene rings is 1. The minimum Gasteiger partial charge on any atom is -0.379 e. The van der Waals surface area contributed by atoms with E-state index in [4.69, 9.17) is 4.74 Å². The second-order valence-electron chi connectivity index (χ2n) is 7.09. The van der Waals surface area contributed by atoms with Crippen molar-refractivity contribution in [3.63, 3.8) is 0 Å². The largest absolute Gasteiger partial charge is 0.379 e. The van der Waals surface area contributed by atoms with Crippen LogP contribution in [0.2, 0.25) is 0 Å². The maximum absolute atomic E-state index is 5.53. The Morgan fingerprint density at radius 1 is 1.24 bits per heavy atom. The molecular weight excluding hydrogens is 260 g/mol. The third kappa shape index (κ3) is 5.42. The van der Waals surface area contributed by atoms with E-state index in [0.717, 1.165) is 39.3 Å². The molecule has 0 bridgehead atoms. The summed E-state index contributed by atoms with van der Waals surface area (Å²) in [6.45, 7) is 13.7. The number of morpholine rings is 1. The minimum absolute atomic E-state index is 0.188. The Hall–Kier alpha value is -0.900. The molecule has 0 saturated carbocycles. The topological polar surface area (TPSA) is 24.5 Å². The van der Waals surface area contributed by atoms with Gasteiger partial charge in [0.15, 0.2) is 0 Å². The van der Waals surface area contributed by atoms with Gasteiger partial charge in [-0.2, -0.15) is 0 Å². The molecule has 2 rings (SSSR count). The lowest BCUT2D eigenvalue weighted by molar-refractivity contribution is -0.00447. The summed E-state index contributed by atoms with van der Waals surface area (Å²) in [6.07, 6.45) is 1.09. The van der Waals surface area contributed by atoms with Gasteiger partial charge in [-0.05, 0) is 51.8 Å². The molecule has 21 heavy (non-hydrogen) atoms. The van der Waals surface area contributed by atoms with Gasteiger partial charge < -0.3 is 10.1 Å². The lowest BCUT2D eigenvalue weighted by Crippen LogP contribution is -2.43. The lowest BCUT2D eigenvalue weighted by atomic mass is 10.0. The highest BCUT2D eigenvalue weighted by Crippen LogP contribution is 2.16. The molecule has 0 spiro atoms. The van der Waals surface area contributed by atoms with Crippen LogP contribution in [0, 0.1) is 0 Å². The van der Waals surface area contributed by atoms with Crippen molar-refractivity contribution >= 4 is 0 Å². The van der Waals surface area contributed by atoms with Crippen LogP contribution in [-0.4, -0.2) is 42.8 Å². The fourth-order valence-corrected chi connectivity index (χ4v) is 2.74. The van der Waals surface area contributed by atoms with E-state index in [1.807, 2.05) is 0 Å². The van der Waals surface area contributed by atoms with Gasteiger partial charge in [0.1, 0.15) is 0 Å². The van der Waals surface area contributed by atoms with E-state index in [-0.39, 0.29) is 5.54 Å². The van der Waals surface area contributed by atoms with E-state index in [1.54, 1.807) is 0 Å². The highest BCUT2D eigenvalue weighted by Gasteiger charge is 2.19. The van der Waals surface area contributed by atoms with E-state index in [1.165, 1.54) is 11.1 Å². The molecule has 1 atom stereocenters. The smallest absolute Gasteiger partial charge is 0.0619 e. The summed E-state index contributed by atoms with van der Waals surface area (Å²) in [4.78, 5) is 2.53. The Labute approximate surface area is 129 Å². The van der Waals surface area contributed by atoms with Gasteiger partial charge in [0.25, 0.3) is 0 Å². The summed E-state index contributed by atoms with van der Waals surface area (Å²) in [5, 5.41) is 3.58. The van der Waals surface area contributed by atoms with Gasteiger partial charge in [0.05, 0.1) is 13.2 Å². The average molecular weight is 290 g/mol. The molecule has 0 amide bonds. The molecule has 1 N–H and O–H groups in total. The highest BCUT2D eigenvalue weighted by molar-refractivity contribution is 5.27. The fourth-order valence-electron chi connectivity index (χ4n) is 2.74. The van der Waals surface area contributed by atoms with Crippen LogP contribution in [0.5, 0.6) is 0 Å². The van der Waals surface area contributed by atoms with Crippen LogP contribution in [0.1, 0.15) is 38.8 Å². The summed E-state index contributed by atoms with van der Waals surface area (Å²) in [5.41, 5.74) is 3.11. The molecule has 1 aliphatic heterocycles. The first-order chi connectivity index (χ1) is 9.96. The molecule has 1 aliphatic rings. The summed E-state index contributed by atoms with van der Waals surface area (Å²) < 4.78 is 5.53. The molecule has 1 fully saturated rings. The molecular formula is C18H30N2O. The number of ether oxygens (including phenoxy) is 1. The number of rotatable bonds is 5. The first kappa shape index (κ1) is 16.5. The SMILES string of the molecule is CC1COCCN1Cc1ccccc1CCNC(C)(C)C. The predicted molar refractivity (Wildman–Crippen MR) is 88.6 cm³/mol. The van der Waals surface area contributed by atoms with Gasteiger partial charge >= 0.3 is 0 Å². The minimum atomic E-state index is 0.188. The second kappa shape index (κ2) is 7.39. The van der Waals surface area contributed by atoms with Crippen molar-refractivity contribution < 1.29 is 4.74 Å². The standard InChI is InChI=1S/C18H30N2O/c1-15-14-21-12-11-20(15)13-17-8-6-5-7-16(17)9-10-19-18(2,3)4/h5-8,15,19H,9-14H2,1-4H3. The molecule has 1 aromatic carbocycles. The normalized spacial score (nSPS) is 20.7. The van der Waals surface area contributed by atoms with Crippen molar-refractivity contribution in [2.75, 3.05) is 26.3 Å². The molecule has 3 heteroatoms. The van der Waals surface area contributed by atoms with Crippen molar-refractivity contribution in [1.29, 1.82) is 0 Å². The summed E-state index contributed by atoms with van der Waals surface area (Å²) in [5.74, 6) is 0. The van der Waals surface area contributed by atoms with Crippen LogP contribution in [-0.2, 0) is 17.7 Å². The van der Waals surface area contributed by atoms with E-state index in [2.05, 4.69) is 62.2 Å². The van der Waals surface area contributed by atoms with Crippen LogP contribution >= 0.6 is 0 Å². The maximum atomic E-state index is 5.53. The van der Waals surface area contributed by atoms with E-state index < -0.39 is 0 Å². The van der Waals surface area contributed by atoms with Gasteiger partial charge in [-0.25, -0.2) is 0 Å². The van der Waals surface area contributed by atoms with E-state index in [9.17, 15) is 0 Å². The molecule has 0 aromatic heterocycles. The van der Waals surface area contributed by atoms with E-state index in [0.29, 0.717) is 6.04 Å². The average Bonchev–Trinajstić information content (AvgIpc) is 2.42. The Kier molecular flexibility index (Phi) is 5.80. The van der Waals surface area contributed by atoms with Crippen LogP contribution in [0.15, 0.2) is 24.3 Å². The van der Waals surface area contributed by atoms with Crippen molar-refractivity contribution in [3.05, 3.63) is 35.4 Å². The molecule has 3 nitrogen and oxygen atoms in total. The zero-order chi connectivity index (χ0) is 15.3. The van der Waals surface area contributed by atoms with Crippen LogP contribution in [0.25, 0.3) is 0 Å². The molecule has 1 heterocycles. The molecule has 0 aliphatic carbocycles. The molecule has 1 unspecified atom stereocenters. The number of hydrogen-bond acceptors (Lipinski definition) is 3. The van der Waals surface area contributed by atoms with Crippen LogP contribution < -0.4 is 5.32 Å². The third-order valence-corrected chi connectivity index (χ3v) is 4.05. The van der Waals surface area contributed by atoms with Gasteiger partial charge in [-0.15, -0.1) is 0 Å². The first-order valence-corrected chi connectivity index (χ1v) is 8.09. The Morgan fingerprint density at radius 3 is 2.62 bits per heavy atom. The highest BCUT2D eigenvalue weighted by atomic mass is 16.5. The molecule has 1 saturated heterocycles. The number of nitrogens with one attached hydrogen (secondary N) is 1. The summed E-state index contributed by atoms with van der Waals surface area (Å²) in [6, 6.07) is 9.36. The quantitative estimate of drug-likeness (QED) is 0.902. The number of nitrogens with zero attached hydrogens (tertiary/aromatic N) is 1. The van der Waals surface area contributed by atoms with Crippen molar-refractivity contribution in [2.45, 2.75) is 52.2 Å². The van der Waals surface area contributed by atoms with Crippen LogP contribution in [0.4, 0.5) is 0 Å². The second-order valence-corrected chi connectivity index (χ2v) is 7.09. The predicted octanol–water partition coefficient (Wildman–Crippen LogP) is 2.84. The van der Waals surface area contributed by atoms with E-state index >= 15 is 0 Å². The van der Waals surface area contributed by atoms with Gasteiger partial charge in [-0.1, -0.05) is 24.3 Å². The monoisotopic (exact) mass is 290 g/mol. The molecule has 118 valence electrons. The Balaban J connectivity index is 1.96. The van der Waals surface area contributed by atoms with Crippen LogP contribution in [0.3, 0.4) is 0 Å². The lowest BCUT2D eigenvalue weighted by Gasteiger charge is -2.33. The van der Waals surface area contributed by atoms with Crippen molar-refractivity contribution in [3.8, 4) is 0 Å². The molecule has 1 aromatic rings. The summed E-state index contributed by atoms with van der Waals surface area (Å²) in [7, 11) is 0. The van der Waals surface area contributed by atoms with Gasteiger partial charge in [0, 0.05) is 24.7 Å². The molecule has 0 radical (unpaired) electrons. The third-order valence-electron chi connectivity index (χ3n) is 4.05. The fraction of sp³-hybridized carbons (Fsp3) is 0.667. The Bertz CT molecular complexity index is 439. The van der Waals surface area contributed by atoms with Gasteiger partial charge in [0.2, 0.25) is 0 Å². The Morgan fingerprint density at radius 2 is 1.95 bits per heavy atom. The summed E-state index contributed by atoms with van der Waals surface area (Å²) >= 11 is 0. The first-order valence-electron chi connectivity index (χ1n) is 8.09. The zero-order valence-corrected chi connectivity index (χ0v) is 14.0.